The Kier molecular flexibility index (Phi) is 5.65. The molecular formula is C22H25N5O3. The van der Waals surface area contributed by atoms with Crippen LogP contribution in [-0.4, -0.2) is 71.4 Å². The summed E-state index contributed by atoms with van der Waals surface area (Å²) in [6, 6.07) is 9.14. The van der Waals surface area contributed by atoms with E-state index < -0.39 is 0 Å². The van der Waals surface area contributed by atoms with Crippen molar-refractivity contribution in [2.75, 3.05) is 44.7 Å². The van der Waals surface area contributed by atoms with Gasteiger partial charge in [0.05, 0.1) is 12.7 Å². The van der Waals surface area contributed by atoms with Crippen molar-refractivity contribution in [1.29, 1.82) is 0 Å². The molecule has 156 valence electrons. The Morgan fingerprint density at radius 3 is 2.27 bits per heavy atom. The molecule has 30 heavy (non-hydrogen) atoms. The van der Waals surface area contributed by atoms with Crippen LogP contribution in [0.25, 0.3) is 5.57 Å². The quantitative estimate of drug-likeness (QED) is 0.676. The van der Waals surface area contributed by atoms with Gasteiger partial charge in [-0.15, -0.1) is 0 Å². The highest BCUT2D eigenvalue weighted by atomic mass is 16.5. The Morgan fingerprint density at radius 1 is 0.933 bits per heavy atom. The Morgan fingerprint density at radius 2 is 1.60 bits per heavy atom. The Balaban J connectivity index is 1.68. The maximum absolute atomic E-state index is 13.3. The van der Waals surface area contributed by atoms with Crippen LogP contribution in [0.5, 0.6) is 5.75 Å². The number of hydrogen-bond donors (Lipinski definition) is 0. The molecule has 8 heteroatoms. The maximum atomic E-state index is 13.3. The second-order valence-electron chi connectivity index (χ2n) is 7.21. The molecule has 0 aliphatic carbocycles. The van der Waals surface area contributed by atoms with Gasteiger partial charge in [0.15, 0.2) is 0 Å². The topological polar surface area (TPSA) is 78.9 Å². The molecule has 8 nitrogen and oxygen atoms in total. The van der Waals surface area contributed by atoms with E-state index in [1.807, 2.05) is 36.1 Å². The first kappa shape index (κ1) is 19.9. The lowest BCUT2D eigenvalue weighted by atomic mass is 10.0. The van der Waals surface area contributed by atoms with Gasteiger partial charge in [0, 0.05) is 50.7 Å². The van der Waals surface area contributed by atoms with Crippen molar-refractivity contribution in [3.8, 4) is 5.75 Å². The van der Waals surface area contributed by atoms with E-state index in [1.165, 1.54) is 4.90 Å². The van der Waals surface area contributed by atoms with Crippen LogP contribution in [0, 0.1) is 0 Å². The number of rotatable bonds is 6. The molecular weight excluding hydrogens is 382 g/mol. The van der Waals surface area contributed by atoms with Gasteiger partial charge in [0.2, 0.25) is 5.95 Å². The zero-order valence-electron chi connectivity index (χ0n) is 17.2. The van der Waals surface area contributed by atoms with Crippen molar-refractivity contribution in [1.82, 2.24) is 19.8 Å². The second kappa shape index (κ2) is 8.52. The van der Waals surface area contributed by atoms with E-state index in [1.54, 1.807) is 25.6 Å². The number of amides is 2. The third-order valence-corrected chi connectivity index (χ3v) is 5.40. The number of carbonyl (C=O) groups excluding carboxylic acids is 2. The Labute approximate surface area is 175 Å². The summed E-state index contributed by atoms with van der Waals surface area (Å²) in [6.45, 7) is 4.90. The van der Waals surface area contributed by atoms with Crippen molar-refractivity contribution in [3.63, 3.8) is 0 Å². The van der Waals surface area contributed by atoms with Crippen molar-refractivity contribution in [2.24, 2.45) is 0 Å². The SMILES string of the molecule is CCCN1C(=O)C(c2ccccc2OC)=C(N2CCN(c3ncccn3)CC2)C1=O. The predicted molar refractivity (Wildman–Crippen MR) is 113 cm³/mol. The fourth-order valence-electron chi connectivity index (χ4n) is 3.96. The molecule has 1 aromatic heterocycles. The van der Waals surface area contributed by atoms with Gasteiger partial charge in [-0.05, 0) is 18.6 Å². The van der Waals surface area contributed by atoms with Crippen LogP contribution < -0.4 is 9.64 Å². The average Bonchev–Trinajstić information content (AvgIpc) is 3.04. The molecule has 2 aromatic rings. The van der Waals surface area contributed by atoms with Crippen LogP contribution in [0.1, 0.15) is 18.9 Å². The molecule has 1 aromatic carbocycles. The lowest BCUT2D eigenvalue weighted by Gasteiger charge is -2.36. The summed E-state index contributed by atoms with van der Waals surface area (Å²) in [5, 5.41) is 0. The fourth-order valence-corrected chi connectivity index (χ4v) is 3.96. The highest BCUT2D eigenvalue weighted by molar-refractivity contribution is 6.36. The molecule has 0 atom stereocenters. The van der Waals surface area contributed by atoms with Gasteiger partial charge >= 0.3 is 0 Å². The lowest BCUT2D eigenvalue weighted by Crippen LogP contribution is -2.48. The first-order chi connectivity index (χ1) is 14.7. The molecule has 0 spiro atoms. The van der Waals surface area contributed by atoms with Crippen LogP contribution in [0.15, 0.2) is 48.4 Å². The van der Waals surface area contributed by atoms with E-state index in [4.69, 9.17) is 4.74 Å². The number of nitrogens with zero attached hydrogens (tertiary/aromatic N) is 5. The maximum Gasteiger partial charge on any atom is 0.277 e. The molecule has 0 bridgehead atoms. The summed E-state index contributed by atoms with van der Waals surface area (Å²) < 4.78 is 5.49. The first-order valence-electron chi connectivity index (χ1n) is 10.2. The summed E-state index contributed by atoms with van der Waals surface area (Å²) in [7, 11) is 1.57. The highest BCUT2D eigenvalue weighted by Gasteiger charge is 2.42. The van der Waals surface area contributed by atoms with Gasteiger partial charge in [-0.2, -0.15) is 0 Å². The van der Waals surface area contributed by atoms with E-state index in [2.05, 4.69) is 14.9 Å². The molecule has 2 aliphatic rings. The number of ether oxygens (including phenoxy) is 1. The predicted octanol–water partition coefficient (Wildman–Crippen LogP) is 1.80. The number of methoxy groups -OCH3 is 1. The standard InChI is InChI=1S/C22H25N5O3/c1-3-11-27-20(28)18(16-7-4-5-8-17(16)30-2)19(21(27)29)25-12-14-26(15-13-25)22-23-9-6-10-24-22/h4-10H,3,11-15H2,1-2H3. The van der Waals surface area contributed by atoms with Gasteiger partial charge in [-0.3, -0.25) is 14.5 Å². The summed E-state index contributed by atoms with van der Waals surface area (Å²) in [5.41, 5.74) is 1.54. The van der Waals surface area contributed by atoms with E-state index in [0.29, 0.717) is 67.7 Å². The van der Waals surface area contributed by atoms with E-state index in [0.717, 1.165) is 0 Å². The van der Waals surface area contributed by atoms with Crippen LogP contribution in [0.2, 0.25) is 0 Å². The molecule has 3 heterocycles. The highest BCUT2D eigenvalue weighted by Crippen LogP contribution is 2.36. The largest absolute Gasteiger partial charge is 0.496 e. The van der Waals surface area contributed by atoms with Gasteiger partial charge in [-0.1, -0.05) is 25.1 Å². The van der Waals surface area contributed by atoms with Gasteiger partial charge in [0.25, 0.3) is 11.8 Å². The number of benzene rings is 1. The minimum Gasteiger partial charge on any atom is -0.496 e. The van der Waals surface area contributed by atoms with Crippen LogP contribution in [-0.2, 0) is 9.59 Å². The smallest absolute Gasteiger partial charge is 0.277 e. The molecule has 0 saturated carbocycles. The molecule has 1 fully saturated rings. The second-order valence-corrected chi connectivity index (χ2v) is 7.21. The van der Waals surface area contributed by atoms with Crippen molar-refractivity contribution < 1.29 is 14.3 Å². The van der Waals surface area contributed by atoms with Crippen LogP contribution in [0.4, 0.5) is 5.95 Å². The molecule has 1 saturated heterocycles. The van der Waals surface area contributed by atoms with Gasteiger partial charge in [-0.25, -0.2) is 9.97 Å². The molecule has 0 radical (unpaired) electrons. The summed E-state index contributed by atoms with van der Waals surface area (Å²) in [4.78, 5) is 40.6. The van der Waals surface area contributed by atoms with Gasteiger partial charge in [0.1, 0.15) is 11.4 Å². The normalized spacial score (nSPS) is 17.2. The summed E-state index contributed by atoms with van der Waals surface area (Å²) in [5.74, 6) is 0.778. The van der Waals surface area contributed by atoms with E-state index in [-0.39, 0.29) is 11.8 Å². The number of anilines is 1. The Bertz CT molecular complexity index is 968. The third-order valence-electron chi connectivity index (χ3n) is 5.40. The van der Waals surface area contributed by atoms with Crippen molar-refractivity contribution in [3.05, 3.63) is 54.0 Å². The van der Waals surface area contributed by atoms with E-state index in [9.17, 15) is 9.59 Å². The molecule has 2 aliphatic heterocycles. The van der Waals surface area contributed by atoms with E-state index >= 15 is 0 Å². The summed E-state index contributed by atoms with van der Waals surface area (Å²) >= 11 is 0. The number of aromatic nitrogens is 2. The number of piperazine rings is 1. The zero-order chi connectivity index (χ0) is 21.1. The number of para-hydroxylation sites is 1. The van der Waals surface area contributed by atoms with Crippen molar-refractivity contribution >= 4 is 23.3 Å². The average molecular weight is 407 g/mol. The lowest BCUT2D eigenvalue weighted by molar-refractivity contribution is -0.137. The monoisotopic (exact) mass is 407 g/mol. The Hall–Kier alpha value is -3.42. The van der Waals surface area contributed by atoms with Crippen molar-refractivity contribution in [2.45, 2.75) is 13.3 Å². The minimum atomic E-state index is -0.254. The number of imide groups is 1. The zero-order valence-corrected chi connectivity index (χ0v) is 17.2. The minimum absolute atomic E-state index is 0.229. The first-order valence-corrected chi connectivity index (χ1v) is 10.2. The third kappa shape index (κ3) is 3.49. The molecule has 2 amide bonds. The van der Waals surface area contributed by atoms with Crippen LogP contribution >= 0.6 is 0 Å². The molecule has 0 N–H and O–H groups in total. The van der Waals surface area contributed by atoms with Crippen LogP contribution in [0.3, 0.4) is 0 Å². The summed E-state index contributed by atoms with van der Waals surface area (Å²) in [6.07, 6.45) is 4.15. The molecule has 4 rings (SSSR count). The van der Waals surface area contributed by atoms with Gasteiger partial charge < -0.3 is 14.5 Å². The number of carbonyl (C=O) groups is 2. The molecule has 0 unspecified atom stereocenters. The number of hydrogen-bond acceptors (Lipinski definition) is 7. The fraction of sp³-hybridized carbons (Fsp3) is 0.364.